The predicted octanol–water partition coefficient (Wildman–Crippen LogP) is 5.25. The molecule has 0 spiro atoms. The first-order chi connectivity index (χ1) is 12.3. The van der Waals surface area contributed by atoms with Crippen LogP contribution in [0.3, 0.4) is 0 Å². The van der Waals surface area contributed by atoms with Crippen LogP contribution in [0.1, 0.15) is 60.1 Å². The van der Waals surface area contributed by atoms with E-state index in [9.17, 15) is 4.79 Å². The number of hydrogen-bond acceptors (Lipinski definition) is 3. The van der Waals surface area contributed by atoms with Gasteiger partial charge in [-0.3, -0.25) is 9.78 Å². The minimum atomic E-state index is -0.168. The van der Waals surface area contributed by atoms with E-state index in [1.807, 2.05) is 45.0 Å². The Balaban J connectivity index is 2.33. The van der Waals surface area contributed by atoms with Gasteiger partial charge in [-0.2, -0.15) is 0 Å². The van der Waals surface area contributed by atoms with Gasteiger partial charge in [0.05, 0.1) is 12.3 Å². The van der Waals surface area contributed by atoms with Crippen LogP contribution in [0.15, 0.2) is 24.3 Å². The maximum Gasteiger partial charge on any atom is 0.261 e. The summed E-state index contributed by atoms with van der Waals surface area (Å²) in [6, 6.07) is 7.92. The van der Waals surface area contributed by atoms with Crippen molar-refractivity contribution in [2.75, 3.05) is 11.9 Å². The molecule has 2 aromatic rings. The second-order valence-corrected chi connectivity index (χ2v) is 7.17. The molecule has 1 aromatic heterocycles. The molecule has 1 heterocycles. The molecule has 2 rings (SSSR count). The molecule has 0 fully saturated rings. The van der Waals surface area contributed by atoms with Crippen LogP contribution in [0, 0.1) is 26.7 Å². The van der Waals surface area contributed by atoms with Crippen molar-refractivity contribution in [3.63, 3.8) is 0 Å². The monoisotopic (exact) mass is 354 g/mol. The number of nitrogens with zero attached hydrogens (tertiary/aromatic N) is 1. The molecule has 1 aromatic carbocycles. The Hall–Kier alpha value is -2.36. The number of ether oxygens (including phenoxy) is 1. The van der Waals surface area contributed by atoms with Crippen molar-refractivity contribution in [1.82, 2.24) is 4.98 Å². The van der Waals surface area contributed by atoms with Crippen LogP contribution in [-0.4, -0.2) is 17.5 Å². The molecule has 0 bridgehead atoms. The number of aryl methyl sites for hydroxylation is 4. The quantitative estimate of drug-likeness (QED) is 0.739. The highest BCUT2D eigenvalue weighted by atomic mass is 16.5. The fraction of sp³-hybridized carbons (Fsp3) is 0.455. The Labute approximate surface area is 157 Å². The average Bonchev–Trinajstić information content (AvgIpc) is 2.55. The van der Waals surface area contributed by atoms with Gasteiger partial charge in [0.1, 0.15) is 11.3 Å². The second kappa shape index (κ2) is 8.84. The van der Waals surface area contributed by atoms with Crippen LogP contribution in [0.2, 0.25) is 0 Å². The maximum absolute atomic E-state index is 13.1. The van der Waals surface area contributed by atoms with Crippen molar-refractivity contribution in [1.29, 1.82) is 0 Å². The molecule has 0 unspecified atom stereocenters. The van der Waals surface area contributed by atoms with E-state index in [-0.39, 0.29) is 5.91 Å². The number of benzene rings is 1. The molecule has 0 aliphatic rings. The number of carbonyl (C=O) groups excluding carboxylic acids is 1. The van der Waals surface area contributed by atoms with Gasteiger partial charge in [-0.25, -0.2) is 0 Å². The molecule has 1 N–H and O–H groups in total. The fourth-order valence-corrected chi connectivity index (χ4v) is 2.97. The fourth-order valence-electron chi connectivity index (χ4n) is 2.97. The molecule has 0 saturated heterocycles. The van der Waals surface area contributed by atoms with Gasteiger partial charge in [-0.05, 0) is 50.7 Å². The molecule has 0 aliphatic carbocycles. The van der Waals surface area contributed by atoms with Crippen LogP contribution in [0.25, 0.3) is 0 Å². The Morgan fingerprint density at radius 3 is 2.62 bits per heavy atom. The molecule has 0 atom stereocenters. The van der Waals surface area contributed by atoms with E-state index in [1.165, 1.54) is 0 Å². The van der Waals surface area contributed by atoms with E-state index in [4.69, 9.17) is 4.74 Å². The van der Waals surface area contributed by atoms with Gasteiger partial charge in [0.25, 0.3) is 5.91 Å². The third kappa shape index (κ3) is 4.84. The standard InChI is InChI=1S/C22H30N2O2/c1-7-18-10-8-9-15(4)21(18)24-22(25)20-17(6)23-16(5)13-19(20)26-12-11-14(2)3/h8-10,13-14H,7,11-12H2,1-6H3,(H,24,25). The first-order valence-corrected chi connectivity index (χ1v) is 9.34. The predicted molar refractivity (Wildman–Crippen MR) is 107 cm³/mol. The van der Waals surface area contributed by atoms with Crippen LogP contribution < -0.4 is 10.1 Å². The number of amides is 1. The number of pyridine rings is 1. The maximum atomic E-state index is 13.1. The highest BCUT2D eigenvalue weighted by Crippen LogP contribution is 2.27. The van der Waals surface area contributed by atoms with E-state index >= 15 is 0 Å². The Kier molecular flexibility index (Phi) is 6.78. The summed E-state index contributed by atoms with van der Waals surface area (Å²) >= 11 is 0. The van der Waals surface area contributed by atoms with Crippen molar-refractivity contribution in [2.45, 2.75) is 54.4 Å². The summed E-state index contributed by atoms with van der Waals surface area (Å²) in [5.74, 6) is 0.994. The van der Waals surface area contributed by atoms with Gasteiger partial charge in [0.2, 0.25) is 0 Å². The summed E-state index contributed by atoms with van der Waals surface area (Å²) in [4.78, 5) is 17.5. The lowest BCUT2D eigenvalue weighted by Crippen LogP contribution is -2.18. The van der Waals surface area contributed by atoms with Gasteiger partial charge in [0.15, 0.2) is 0 Å². The third-order valence-electron chi connectivity index (χ3n) is 4.45. The number of anilines is 1. The van der Waals surface area contributed by atoms with Crippen molar-refractivity contribution >= 4 is 11.6 Å². The molecular weight excluding hydrogens is 324 g/mol. The SMILES string of the molecule is CCc1cccc(C)c1NC(=O)c1c(OCCC(C)C)cc(C)nc1C. The summed E-state index contributed by atoms with van der Waals surface area (Å²) in [6.07, 6.45) is 1.80. The second-order valence-electron chi connectivity index (χ2n) is 7.17. The minimum absolute atomic E-state index is 0.168. The number of carbonyl (C=O) groups is 1. The normalized spacial score (nSPS) is 10.9. The van der Waals surface area contributed by atoms with Gasteiger partial charge in [0, 0.05) is 17.4 Å². The minimum Gasteiger partial charge on any atom is -0.493 e. The third-order valence-corrected chi connectivity index (χ3v) is 4.45. The first-order valence-electron chi connectivity index (χ1n) is 9.34. The number of para-hydroxylation sites is 1. The van der Waals surface area contributed by atoms with Crippen molar-refractivity contribution < 1.29 is 9.53 Å². The topological polar surface area (TPSA) is 51.2 Å². The van der Waals surface area contributed by atoms with Gasteiger partial charge in [-0.15, -0.1) is 0 Å². The van der Waals surface area contributed by atoms with Crippen LogP contribution in [0.4, 0.5) is 5.69 Å². The summed E-state index contributed by atoms with van der Waals surface area (Å²) in [5.41, 5.74) is 5.12. The summed E-state index contributed by atoms with van der Waals surface area (Å²) in [6.45, 7) is 12.8. The van der Waals surface area contributed by atoms with E-state index < -0.39 is 0 Å². The van der Waals surface area contributed by atoms with Crippen molar-refractivity contribution in [3.8, 4) is 5.75 Å². The zero-order valence-electron chi connectivity index (χ0n) is 16.8. The highest BCUT2D eigenvalue weighted by molar-refractivity contribution is 6.07. The molecule has 0 aliphatic heterocycles. The molecular formula is C22H30N2O2. The largest absolute Gasteiger partial charge is 0.493 e. The zero-order valence-corrected chi connectivity index (χ0v) is 16.8. The molecule has 1 amide bonds. The van der Waals surface area contributed by atoms with Gasteiger partial charge in [-0.1, -0.05) is 39.0 Å². The molecule has 140 valence electrons. The molecule has 26 heavy (non-hydrogen) atoms. The van der Waals surface area contributed by atoms with Crippen LogP contribution in [-0.2, 0) is 6.42 Å². The van der Waals surface area contributed by atoms with Crippen molar-refractivity contribution in [2.24, 2.45) is 5.92 Å². The summed E-state index contributed by atoms with van der Waals surface area (Å²) in [7, 11) is 0. The van der Waals surface area contributed by atoms with E-state index in [0.29, 0.717) is 29.5 Å². The smallest absolute Gasteiger partial charge is 0.261 e. The summed E-state index contributed by atoms with van der Waals surface area (Å²) in [5, 5.41) is 3.09. The molecule has 4 heteroatoms. The number of rotatable bonds is 7. The van der Waals surface area contributed by atoms with E-state index in [0.717, 1.165) is 35.3 Å². The van der Waals surface area contributed by atoms with E-state index in [2.05, 4.69) is 31.1 Å². The van der Waals surface area contributed by atoms with Crippen LogP contribution in [0.5, 0.6) is 5.75 Å². The molecule has 0 saturated carbocycles. The molecule has 4 nitrogen and oxygen atoms in total. The Morgan fingerprint density at radius 1 is 1.23 bits per heavy atom. The first kappa shape index (κ1) is 20.0. The van der Waals surface area contributed by atoms with Gasteiger partial charge >= 0.3 is 0 Å². The lowest BCUT2D eigenvalue weighted by atomic mass is 10.0. The number of nitrogens with one attached hydrogen (secondary N) is 1. The van der Waals surface area contributed by atoms with Crippen LogP contribution >= 0.6 is 0 Å². The molecule has 0 radical (unpaired) electrons. The number of aromatic nitrogens is 1. The lowest BCUT2D eigenvalue weighted by Gasteiger charge is -2.17. The highest BCUT2D eigenvalue weighted by Gasteiger charge is 2.19. The number of hydrogen-bond donors (Lipinski definition) is 1. The lowest BCUT2D eigenvalue weighted by molar-refractivity contribution is 0.102. The Morgan fingerprint density at radius 2 is 1.96 bits per heavy atom. The average molecular weight is 354 g/mol. The Bertz CT molecular complexity index is 782. The van der Waals surface area contributed by atoms with E-state index in [1.54, 1.807) is 0 Å². The van der Waals surface area contributed by atoms with Crippen molar-refractivity contribution in [3.05, 3.63) is 52.3 Å². The zero-order chi connectivity index (χ0) is 19.3. The van der Waals surface area contributed by atoms with Gasteiger partial charge < -0.3 is 10.1 Å². The summed E-state index contributed by atoms with van der Waals surface area (Å²) < 4.78 is 5.95.